The average molecular weight is 219 g/mol. The summed E-state index contributed by atoms with van der Waals surface area (Å²) in [5.41, 5.74) is 3.48. The topological polar surface area (TPSA) is 37.8 Å². The molecule has 0 spiro atoms. The third-order valence-corrected chi connectivity index (χ3v) is 3.04. The molecule has 0 radical (unpaired) electrons. The molecule has 0 unspecified atom stereocenters. The molecule has 4 heteroatoms. The average Bonchev–Trinajstić information content (AvgIpc) is 2.66. The molecule has 2 heterocycles. The Hall–Kier alpha value is -1.26. The van der Waals surface area contributed by atoms with Crippen LogP contribution in [0.5, 0.6) is 0 Å². The molecule has 2 aromatic heterocycles. The maximum absolute atomic E-state index is 4.36. The van der Waals surface area contributed by atoms with E-state index in [1.807, 2.05) is 19.4 Å². The van der Waals surface area contributed by atoms with Crippen molar-refractivity contribution < 1.29 is 0 Å². The van der Waals surface area contributed by atoms with Gasteiger partial charge in [-0.05, 0) is 24.9 Å². The van der Waals surface area contributed by atoms with Crippen molar-refractivity contribution in [3.63, 3.8) is 0 Å². The molecule has 1 N–H and O–H groups in total. The summed E-state index contributed by atoms with van der Waals surface area (Å²) in [4.78, 5) is 8.71. The van der Waals surface area contributed by atoms with Gasteiger partial charge in [-0.3, -0.25) is 0 Å². The van der Waals surface area contributed by atoms with Crippen molar-refractivity contribution in [2.24, 2.45) is 0 Å². The first-order valence-corrected chi connectivity index (χ1v) is 5.74. The van der Waals surface area contributed by atoms with Gasteiger partial charge in [-0.25, -0.2) is 9.97 Å². The molecule has 0 atom stereocenters. The molecule has 0 fully saturated rings. The lowest BCUT2D eigenvalue weighted by molar-refractivity contribution is 0.807. The summed E-state index contributed by atoms with van der Waals surface area (Å²) in [5, 5.41) is 7.27. The zero-order valence-electron chi connectivity index (χ0n) is 8.82. The van der Waals surface area contributed by atoms with E-state index in [1.165, 1.54) is 5.56 Å². The molecule has 3 nitrogen and oxygen atoms in total. The fraction of sp³-hybridized carbons (Fsp3) is 0.273. The van der Waals surface area contributed by atoms with Crippen LogP contribution in [-0.2, 0) is 6.54 Å². The summed E-state index contributed by atoms with van der Waals surface area (Å²) < 4.78 is 0. The van der Waals surface area contributed by atoms with E-state index in [1.54, 1.807) is 11.3 Å². The second kappa shape index (κ2) is 4.51. The van der Waals surface area contributed by atoms with Crippen LogP contribution in [0.15, 0.2) is 23.2 Å². The fourth-order valence-corrected chi connectivity index (χ4v) is 2.21. The van der Waals surface area contributed by atoms with Crippen molar-refractivity contribution in [2.45, 2.75) is 13.5 Å². The molecule has 0 saturated carbocycles. The van der Waals surface area contributed by atoms with Crippen LogP contribution in [0.25, 0.3) is 11.4 Å². The number of nitrogens with one attached hydrogen (secondary N) is 1. The second-order valence-corrected chi connectivity index (χ2v) is 4.16. The Labute approximate surface area is 93.2 Å². The fourth-order valence-electron chi connectivity index (χ4n) is 1.38. The van der Waals surface area contributed by atoms with Crippen LogP contribution in [-0.4, -0.2) is 17.0 Å². The van der Waals surface area contributed by atoms with E-state index >= 15 is 0 Å². The van der Waals surface area contributed by atoms with Crippen molar-refractivity contribution in [3.05, 3.63) is 34.3 Å². The Morgan fingerprint density at radius 2 is 2.00 bits per heavy atom. The zero-order chi connectivity index (χ0) is 10.7. The third-order valence-electron chi connectivity index (χ3n) is 2.18. The predicted molar refractivity (Wildman–Crippen MR) is 62.8 cm³/mol. The van der Waals surface area contributed by atoms with Gasteiger partial charge >= 0.3 is 0 Å². The van der Waals surface area contributed by atoms with Gasteiger partial charge in [0.2, 0.25) is 0 Å². The molecule has 0 aliphatic rings. The van der Waals surface area contributed by atoms with E-state index in [2.05, 4.69) is 33.0 Å². The molecule has 0 aliphatic heterocycles. The first kappa shape index (κ1) is 10.3. The Morgan fingerprint density at radius 1 is 1.27 bits per heavy atom. The molecule has 0 saturated heterocycles. The number of aryl methyl sites for hydroxylation is 1. The van der Waals surface area contributed by atoms with Gasteiger partial charge in [-0.15, -0.1) is 0 Å². The minimum Gasteiger partial charge on any atom is -0.316 e. The predicted octanol–water partition coefficient (Wildman–Crippen LogP) is 2.23. The number of hydrogen-bond donors (Lipinski definition) is 1. The van der Waals surface area contributed by atoms with Gasteiger partial charge in [0, 0.05) is 35.4 Å². The van der Waals surface area contributed by atoms with Crippen LogP contribution in [0.3, 0.4) is 0 Å². The van der Waals surface area contributed by atoms with Crippen LogP contribution in [0.4, 0.5) is 0 Å². The van der Waals surface area contributed by atoms with Gasteiger partial charge in [0.25, 0.3) is 0 Å². The summed E-state index contributed by atoms with van der Waals surface area (Å²) in [6.07, 6.45) is 3.74. The number of hydrogen-bond acceptors (Lipinski definition) is 4. The number of thiophene rings is 1. The second-order valence-electron chi connectivity index (χ2n) is 3.41. The SMILES string of the molecule is CNCc1cnc(-c2cscc2C)nc1. The monoisotopic (exact) mass is 219 g/mol. The molecule has 2 aromatic rings. The highest BCUT2D eigenvalue weighted by Gasteiger charge is 2.05. The largest absolute Gasteiger partial charge is 0.316 e. The van der Waals surface area contributed by atoms with Crippen LogP contribution >= 0.6 is 11.3 Å². The van der Waals surface area contributed by atoms with E-state index < -0.39 is 0 Å². The molecule has 0 amide bonds. The van der Waals surface area contributed by atoms with Crippen molar-refractivity contribution >= 4 is 11.3 Å². The summed E-state index contributed by atoms with van der Waals surface area (Å²) >= 11 is 1.68. The zero-order valence-corrected chi connectivity index (χ0v) is 9.64. The highest BCUT2D eigenvalue weighted by atomic mass is 32.1. The molecule has 0 aromatic carbocycles. The van der Waals surface area contributed by atoms with E-state index in [0.717, 1.165) is 23.5 Å². The summed E-state index contributed by atoms with van der Waals surface area (Å²) in [6.45, 7) is 2.89. The van der Waals surface area contributed by atoms with Gasteiger partial charge < -0.3 is 5.32 Å². The van der Waals surface area contributed by atoms with E-state index in [-0.39, 0.29) is 0 Å². The van der Waals surface area contributed by atoms with Crippen LogP contribution in [0, 0.1) is 6.92 Å². The first-order valence-electron chi connectivity index (χ1n) is 4.80. The van der Waals surface area contributed by atoms with Gasteiger partial charge in [0.1, 0.15) is 0 Å². The normalized spacial score (nSPS) is 10.5. The number of rotatable bonds is 3. The number of aromatic nitrogens is 2. The van der Waals surface area contributed by atoms with Crippen molar-refractivity contribution in [2.75, 3.05) is 7.05 Å². The molecular weight excluding hydrogens is 206 g/mol. The molecule has 2 rings (SSSR count). The summed E-state index contributed by atoms with van der Waals surface area (Å²) in [7, 11) is 1.91. The first-order chi connectivity index (χ1) is 7.31. The molecule has 78 valence electrons. The summed E-state index contributed by atoms with van der Waals surface area (Å²) in [5.74, 6) is 0.814. The lowest BCUT2D eigenvalue weighted by Crippen LogP contribution is -2.06. The molecule has 0 aliphatic carbocycles. The lowest BCUT2D eigenvalue weighted by atomic mass is 10.2. The third kappa shape index (κ3) is 2.22. The van der Waals surface area contributed by atoms with Gasteiger partial charge in [-0.1, -0.05) is 0 Å². The minimum atomic E-state index is 0.808. The smallest absolute Gasteiger partial charge is 0.160 e. The summed E-state index contributed by atoms with van der Waals surface area (Å²) in [6, 6.07) is 0. The standard InChI is InChI=1S/C11H13N3S/c1-8-6-15-7-10(8)11-13-4-9(3-12-2)5-14-11/h4-7,12H,3H2,1-2H3. The molecular formula is C11H13N3S. The van der Waals surface area contributed by atoms with E-state index in [0.29, 0.717) is 0 Å². The highest BCUT2D eigenvalue weighted by Crippen LogP contribution is 2.23. The molecule has 0 bridgehead atoms. The Kier molecular flexibility index (Phi) is 3.08. The quantitative estimate of drug-likeness (QED) is 0.860. The van der Waals surface area contributed by atoms with E-state index in [4.69, 9.17) is 0 Å². The van der Waals surface area contributed by atoms with Crippen molar-refractivity contribution in [1.29, 1.82) is 0 Å². The Balaban J connectivity index is 2.28. The van der Waals surface area contributed by atoms with E-state index in [9.17, 15) is 0 Å². The lowest BCUT2D eigenvalue weighted by Gasteiger charge is -2.01. The number of nitrogens with zero attached hydrogens (tertiary/aromatic N) is 2. The highest BCUT2D eigenvalue weighted by molar-refractivity contribution is 7.08. The minimum absolute atomic E-state index is 0.808. The van der Waals surface area contributed by atoms with Crippen molar-refractivity contribution in [1.82, 2.24) is 15.3 Å². The van der Waals surface area contributed by atoms with Gasteiger partial charge in [-0.2, -0.15) is 11.3 Å². The van der Waals surface area contributed by atoms with Gasteiger partial charge in [0.05, 0.1) is 0 Å². The molecule has 15 heavy (non-hydrogen) atoms. The van der Waals surface area contributed by atoms with Crippen LogP contribution in [0.2, 0.25) is 0 Å². The van der Waals surface area contributed by atoms with Gasteiger partial charge in [0.15, 0.2) is 5.82 Å². The Morgan fingerprint density at radius 3 is 2.53 bits per heavy atom. The van der Waals surface area contributed by atoms with Crippen molar-refractivity contribution in [3.8, 4) is 11.4 Å². The maximum atomic E-state index is 4.36. The van der Waals surface area contributed by atoms with Crippen LogP contribution < -0.4 is 5.32 Å². The maximum Gasteiger partial charge on any atom is 0.160 e. The Bertz CT molecular complexity index is 433. The van der Waals surface area contributed by atoms with Crippen LogP contribution in [0.1, 0.15) is 11.1 Å².